The van der Waals surface area contributed by atoms with Gasteiger partial charge in [-0.25, -0.2) is 9.97 Å². The Balaban J connectivity index is 2.53. The third-order valence-electron chi connectivity index (χ3n) is 2.51. The van der Waals surface area contributed by atoms with Crippen molar-refractivity contribution in [3.8, 4) is 5.75 Å². The highest BCUT2D eigenvalue weighted by atomic mass is 16.5. The average Bonchev–Trinajstić information content (AvgIpc) is 2.36. The van der Waals surface area contributed by atoms with E-state index < -0.39 is 0 Å². The van der Waals surface area contributed by atoms with Crippen LogP contribution in [-0.4, -0.2) is 40.5 Å². The molecule has 1 atom stereocenters. The summed E-state index contributed by atoms with van der Waals surface area (Å²) in [7, 11) is 1.72. The van der Waals surface area contributed by atoms with Gasteiger partial charge in [-0.15, -0.1) is 0 Å². The highest BCUT2D eigenvalue weighted by molar-refractivity contribution is 5.87. The van der Waals surface area contributed by atoms with Gasteiger partial charge in [0.1, 0.15) is 12.9 Å². The highest BCUT2D eigenvalue weighted by Crippen LogP contribution is 2.15. The molecule has 0 aromatic carbocycles. The van der Waals surface area contributed by atoms with E-state index in [1.807, 2.05) is 6.92 Å². The van der Waals surface area contributed by atoms with Gasteiger partial charge in [0, 0.05) is 7.05 Å². The largest absolute Gasteiger partial charge is 0.486 e. The fourth-order valence-electron chi connectivity index (χ4n) is 1.24. The smallest absolute Gasteiger partial charge is 0.246 e. The Kier molecular flexibility index (Phi) is 5.10. The molecule has 0 bridgehead atoms. The predicted octanol–water partition coefficient (Wildman–Crippen LogP) is 0.861. The molecular formula is C12H18N4O2. The Morgan fingerprint density at radius 3 is 3.00 bits per heavy atom. The number of carbonyl (C=O) groups excluding carboxylic acids is 1. The maximum Gasteiger partial charge on any atom is 0.246 e. The lowest BCUT2D eigenvalue weighted by Gasteiger charge is -2.23. The van der Waals surface area contributed by atoms with Crippen LogP contribution in [0, 0.1) is 0 Å². The van der Waals surface area contributed by atoms with Crippen LogP contribution in [0.2, 0.25) is 0 Å². The van der Waals surface area contributed by atoms with E-state index in [0.717, 1.165) is 0 Å². The summed E-state index contributed by atoms with van der Waals surface area (Å²) >= 11 is 0. The number of hydrogen-bond donors (Lipinski definition) is 1. The molecule has 1 amide bonds. The van der Waals surface area contributed by atoms with Crippen LogP contribution < -0.4 is 10.5 Å². The number of allylic oxidation sites excluding steroid dienone is 1. The Morgan fingerprint density at radius 1 is 1.67 bits per heavy atom. The van der Waals surface area contributed by atoms with Crippen LogP contribution in [-0.2, 0) is 4.79 Å². The minimum absolute atomic E-state index is 0.0640. The van der Waals surface area contributed by atoms with Crippen LogP contribution in [0.5, 0.6) is 5.75 Å². The molecule has 0 aliphatic heterocycles. The molecular weight excluding hydrogens is 232 g/mol. The lowest BCUT2D eigenvalue weighted by Crippen LogP contribution is -2.37. The van der Waals surface area contributed by atoms with Crippen LogP contribution in [0.1, 0.15) is 13.8 Å². The summed E-state index contributed by atoms with van der Waals surface area (Å²) in [5.41, 5.74) is 5.62. The number of anilines is 1. The number of carbonyl (C=O) groups is 1. The van der Waals surface area contributed by atoms with Gasteiger partial charge in [-0.05, 0) is 19.9 Å². The zero-order valence-corrected chi connectivity index (χ0v) is 10.8. The maximum atomic E-state index is 11.6. The predicted molar refractivity (Wildman–Crippen MR) is 69.0 cm³/mol. The second-order valence-corrected chi connectivity index (χ2v) is 3.88. The van der Waals surface area contributed by atoms with Crippen molar-refractivity contribution in [1.29, 1.82) is 0 Å². The summed E-state index contributed by atoms with van der Waals surface area (Å²) in [6, 6.07) is -0.0756. The monoisotopic (exact) mass is 250 g/mol. The van der Waals surface area contributed by atoms with Crippen molar-refractivity contribution in [2.24, 2.45) is 0 Å². The number of likely N-dealkylation sites (N-methyl/N-ethyl adjacent to an activating group) is 1. The molecule has 2 N–H and O–H groups in total. The van der Waals surface area contributed by atoms with Gasteiger partial charge in [0.05, 0.1) is 12.2 Å². The Labute approximate surface area is 106 Å². The molecule has 6 heteroatoms. The number of amides is 1. The van der Waals surface area contributed by atoms with Gasteiger partial charge in [0.15, 0.2) is 11.6 Å². The molecule has 0 radical (unpaired) electrons. The van der Waals surface area contributed by atoms with E-state index in [1.54, 1.807) is 24.9 Å². The van der Waals surface area contributed by atoms with E-state index in [2.05, 4.69) is 9.97 Å². The van der Waals surface area contributed by atoms with Crippen molar-refractivity contribution >= 4 is 11.7 Å². The topological polar surface area (TPSA) is 81.3 Å². The van der Waals surface area contributed by atoms with Crippen LogP contribution in [0.15, 0.2) is 24.7 Å². The van der Waals surface area contributed by atoms with E-state index >= 15 is 0 Å². The molecule has 1 unspecified atom stereocenters. The Hall–Kier alpha value is -2.11. The molecule has 6 nitrogen and oxygen atoms in total. The molecule has 98 valence electrons. The molecule has 1 heterocycles. The first-order valence-electron chi connectivity index (χ1n) is 5.64. The average molecular weight is 250 g/mol. The van der Waals surface area contributed by atoms with Crippen molar-refractivity contribution in [3.05, 3.63) is 24.7 Å². The van der Waals surface area contributed by atoms with Crippen molar-refractivity contribution in [2.75, 3.05) is 19.4 Å². The van der Waals surface area contributed by atoms with Crippen molar-refractivity contribution in [2.45, 2.75) is 19.9 Å². The highest BCUT2D eigenvalue weighted by Gasteiger charge is 2.14. The minimum Gasteiger partial charge on any atom is -0.486 e. The number of ether oxygens (including phenoxy) is 1. The fourth-order valence-corrected chi connectivity index (χ4v) is 1.24. The molecule has 1 rings (SSSR count). The summed E-state index contributed by atoms with van der Waals surface area (Å²) in [4.78, 5) is 20.8. The fraction of sp³-hybridized carbons (Fsp3) is 0.417. The first kappa shape index (κ1) is 14.0. The van der Waals surface area contributed by atoms with Gasteiger partial charge >= 0.3 is 0 Å². The van der Waals surface area contributed by atoms with Crippen LogP contribution in [0.25, 0.3) is 0 Å². The summed E-state index contributed by atoms with van der Waals surface area (Å²) in [6.07, 6.45) is 6.07. The van der Waals surface area contributed by atoms with Crippen molar-refractivity contribution in [3.63, 3.8) is 0 Å². The lowest BCUT2D eigenvalue weighted by atomic mass is 10.3. The molecule has 0 aliphatic rings. The van der Waals surface area contributed by atoms with Crippen LogP contribution >= 0.6 is 0 Å². The molecule has 0 fully saturated rings. The third-order valence-corrected chi connectivity index (χ3v) is 2.51. The van der Waals surface area contributed by atoms with Crippen LogP contribution in [0.4, 0.5) is 5.82 Å². The van der Waals surface area contributed by atoms with E-state index in [-0.39, 0.29) is 11.9 Å². The molecule has 0 spiro atoms. The van der Waals surface area contributed by atoms with Crippen LogP contribution in [0.3, 0.4) is 0 Å². The number of nitrogens with zero attached hydrogens (tertiary/aromatic N) is 3. The normalized spacial score (nSPS) is 12.4. The molecule has 18 heavy (non-hydrogen) atoms. The van der Waals surface area contributed by atoms with Gasteiger partial charge in [0.2, 0.25) is 5.91 Å². The second kappa shape index (κ2) is 6.58. The SMILES string of the molecule is CC=CC(=O)N(C)C(C)COc1cncnc1N. The zero-order chi connectivity index (χ0) is 13.5. The number of nitrogens with two attached hydrogens (primary N) is 1. The quantitative estimate of drug-likeness (QED) is 0.784. The summed E-state index contributed by atoms with van der Waals surface area (Å²) in [5.74, 6) is 0.654. The lowest BCUT2D eigenvalue weighted by molar-refractivity contribution is -0.127. The Bertz CT molecular complexity index is 434. The second-order valence-electron chi connectivity index (χ2n) is 3.88. The van der Waals surface area contributed by atoms with Gasteiger partial charge in [0.25, 0.3) is 0 Å². The molecule has 0 saturated heterocycles. The van der Waals surface area contributed by atoms with Crippen molar-refractivity contribution < 1.29 is 9.53 Å². The van der Waals surface area contributed by atoms with Gasteiger partial charge in [-0.3, -0.25) is 4.79 Å². The third kappa shape index (κ3) is 3.73. The van der Waals surface area contributed by atoms with Gasteiger partial charge in [-0.1, -0.05) is 6.08 Å². The van der Waals surface area contributed by atoms with Gasteiger partial charge < -0.3 is 15.4 Å². The van der Waals surface area contributed by atoms with E-state index in [1.165, 1.54) is 18.6 Å². The molecule has 1 aromatic heterocycles. The van der Waals surface area contributed by atoms with E-state index in [9.17, 15) is 4.79 Å². The van der Waals surface area contributed by atoms with E-state index in [4.69, 9.17) is 10.5 Å². The standard InChI is InChI=1S/C12H18N4O2/c1-4-5-11(17)16(3)9(2)7-18-10-6-14-8-15-12(10)13/h4-6,8-9H,7H2,1-3H3,(H2,13,14,15). The molecule has 0 saturated carbocycles. The van der Waals surface area contributed by atoms with Gasteiger partial charge in [-0.2, -0.15) is 0 Å². The molecule has 1 aromatic rings. The first-order chi connectivity index (χ1) is 8.56. The van der Waals surface area contributed by atoms with E-state index in [0.29, 0.717) is 18.2 Å². The number of nitrogen functional groups attached to an aromatic ring is 1. The minimum atomic E-state index is -0.0756. The zero-order valence-electron chi connectivity index (χ0n) is 10.8. The maximum absolute atomic E-state index is 11.6. The molecule has 0 aliphatic carbocycles. The number of aromatic nitrogens is 2. The number of rotatable bonds is 5. The summed E-state index contributed by atoms with van der Waals surface area (Å²) in [6.45, 7) is 4.02. The summed E-state index contributed by atoms with van der Waals surface area (Å²) < 4.78 is 5.48. The summed E-state index contributed by atoms with van der Waals surface area (Å²) in [5, 5.41) is 0. The van der Waals surface area contributed by atoms with Crippen molar-refractivity contribution in [1.82, 2.24) is 14.9 Å². The number of hydrogen-bond acceptors (Lipinski definition) is 5. The Morgan fingerprint density at radius 2 is 2.39 bits per heavy atom. The first-order valence-corrected chi connectivity index (χ1v) is 5.64.